The van der Waals surface area contributed by atoms with Gasteiger partial charge in [-0.2, -0.15) is 0 Å². The van der Waals surface area contributed by atoms with Crippen molar-refractivity contribution in [3.8, 4) is 11.5 Å². The van der Waals surface area contributed by atoms with Crippen molar-refractivity contribution in [2.75, 3.05) is 13.2 Å². The van der Waals surface area contributed by atoms with Gasteiger partial charge >= 0.3 is 0 Å². The molecule has 4 heterocycles. The number of rotatable bonds is 12. The Bertz CT molecular complexity index is 1840. The Kier molecular flexibility index (Phi) is 7.82. The maximum Gasteiger partial charge on any atom is 0.243 e. The van der Waals surface area contributed by atoms with Gasteiger partial charge in [0.15, 0.2) is 11.2 Å². The highest BCUT2D eigenvalue weighted by atomic mass is 17.2. The van der Waals surface area contributed by atoms with Crippen LogP contribution < -0.4 is 18.6 Å². The molecule has 2 aromatic heterocycles. The molecule has 0 amide bonds. The molecule has 8 heteroatoms. The lowest BCUT2D eigenvalue weighted by Gasteiger charge is -2.53. The van der Waals surface area contributed by atoms with Gasteiger partial charge in [0.05, 0.1) is 40.4 Å². The van der Waals surface area contributed by atoms with E-state index in [1.165, 1.54) is 0 Å². The van der Waals surface area contributed by atoms with Crippen LogP contribution in [-0.4, -0.2) is 22.3 Å². The summed E-state index contributed by atoms with van der Waals surface area (Å²) in [7, 11) is 4.06. The molecule has 0 atom stereocenters. The molecule has 3 aliphatic rings. The summed E-state index contributed by atoms with van der Waals surface area (Å²) in [6.07, 6.45) is 14.2. The monoisotopic (exact) mass is 640 g/mol. The molecule has 2 bridgehead atoms. The molecule has 0 saturated heterocycles. The second-order valence-corrected chi connectivity index (χ2v) is 12.7. The highest BCUT2D eigenvalue weighted by Gasteiger charge is 2.60. The molecule has 6 aromatic rings. The number of hydrogen-bond acceptors (Lipinski definition) is 4. The van der Waals surface area contributed by atoms with Crippen LogP contribution in [0.2, 0.25) is 0 Å². The molecule has 0 fully saturated rings. The largest absolute Gasteiger partial charge is 0.493 e. The first-order valence-corrected chi connectivity index (χ1v) is 16.6. The lowest BCUT2D eigenvalue weighted by atomic mass is 9.62. The molecule has 4 aromatic carbocycles. The second-order valence-electron chi connectivity index (χ2n) is 12.7. The van der Waals surface area contributed by atoms with Gasteiger partial charge in [-0.3, -0.25) is 0 Å². The van der Waals surface area contributed by atoms with Crippen molar-refractivity contribution in [2.45, 2.75) is 37.1 Å². The molecule has 0 radical (unpaired) electrons. The van der Waals surface area contributed by atoms with Crippen LogP contribution in [-0.2, 0) is 48.2 Å². The van der Waals surface area contributed by atoms with E-state index in [2.05, 4.69) is 107 Å². The van der Waals surface area contributed by atoms with Gasteiger partial charge in [-0.05, 0) is 35.4 Å². The van der Waals surface area contributed by atoms with E-state index in [1.54, 1.807) is 0 Å². The van der Waals surface area contributed by atoms with Gasteiger partial charge in [-0.25, -0.2) is 28.0 Å². The van der Waals surface area contributed by atoms with Crippen molar-refractivity contribution in [3.05, 3.63) is 168 Å². The molecular weight excluding hydrogens is 600 g/mol. The number of nitrogens with zero attached hydrogens (tertiary/aromatic N) is 4. The van der Waals surface area contributed by atoms with Crippen molar-refractivity contribution in [1.29, 1.82) is 0 Å². The van der Waals surface area contributed by atoms with E-state index in [4.69, 9.17) is 19.2 Å². The number of aromatic nitrogens is 4. The fourth-order valence-corrected chi connectivity index (χ4v) is 7.22. The van der Waals surface area contributed by atoms with Crippen LogP contribution in [0.25, 0.3) is 0 Å². The molecule has 2 aliphatic heterocycles. The van der Waals surface area contributed by atoms with Crippen molar-refractivity contribution in [1.82, 2.24) is 9.13 Å². The predicted molar refractivity (Wildman–Crippen MR) is 179 cm³/mol. The van der Waals surface area contributed by atoms with E-state index < -0.39 is 11.2 Å². The van der Waals surface area contributed by atoms with Crippen LogP contribution in [0, 0.1) is 0 Å². The Morgan fingerprint density at radius 1 is 0.542 bits per heavy atom. The van der Waals surface area contributed by atoms with E-state index in [1.807, 2.05) is 59.9 Å². The molecule has 0 saturated carbocycles. The van der Waals surface area contributed by atoms with Crippen LogP contribution in [0.4, 0.5) is 0 Å². The van der Waals surface area contributed by atoms with Gasteiger partial charge in [-0.1, -0.05) is 72.8 Å². The van der Waals surface area contributed by atoms with E-state index in [0.29, 0.717) is 13.2 Å². The Hall–Kier alpha value is -5.18. The fourth-order valence-electron chi connectivity index (χ4n) is 7.22. The quantitative estimate of drug-likeness (QED) is 0.0974. The molecule has 242 valence electrons. The van der Waals surface area contributed by atoms with Gasteiger partial charge in [0.2, 0.25) is 12.7 Å². The zero-order valence-corrected chi connectivity index (χ0v) is 27.4. The first-order chi connectivity index (χ1) is 23.6. The third kappa shape index (κ3) is 5.18. The Labute approximate surface area is 280 Å². The Morgan fingerprint density at radius 3 is 1.25 bits per heavy atom. The van der Waals surface area contributed by atoms with Gasteiger partial charge < -0.3 is 9.47 Å². The summed E-state index contributed by atoms with van der Waals surface area (Å²) < 4.78 is 20.7. The number of fused-ring (bicyclic) bond motifs is 1. The van der Waals surface area contributed by atoms with E-state index in [9.17, 15) is 0 Å². The highest BCUT2D eigenvalue weighted by Crippen LogP contribution is 2.61. The minimum atomic E-state index is -0.919. The van der Waals surface area contributed by atoms with Crippen molar-refractivity contribution >= 4 is 0 Å². The summed E-state index contributed by atoms with van der Waals surface area (Å²) in [6.45, 7) is 3.09. The average Bonchev–Trinajstić information content (AvgIpc) is 3.76. The van der Waals surface area contributed by atoms with E-state index in [-0.39, 0.29) is 0 Å². The summed E-state index contributed by atoms with van der Waals surface area (Å²) in [5.74, 6) is 1.66. The normalized spacial score (nSPS) is 19.1. The summed E-state index contributed by atoms with van der Waals surface area (Å²) in [4.78, 5) is 13.2. The molecular formula is C40H40N4O4+2. The summed E-state index contributed by atoms with van der Waals surface area (Å²) in [6, 6.07) is 33.5. The van der Waals surface area contributed by atoms with Crippen LogP contribution in [0.3, 0.4) is 0 Å². The zero-order valence-electron chi connectivity index (χ0n) is 27.4. The van der Waals surface area contributed by atoms with Crippen LogP contribution >= 0.6 is 0 Å². The van der Waals surface area contributed by atoms with Gasteiger partial charge in [-0.15, -0.1) is 0 Å². The molecule has 48 heavy (non-hydrogen) atoms. The summed E-state index contributed by atoms with van der Waals surface area (Å²) in [5.41, 5.74) is 4.42. The maximum atomic E-state index is 6.62. The maximum absolute atomic E-state index is 6.62. The smallest absolute Gasteiger partial charge is 0.243 e. The lowest BCUT2D eigenvalue weighted by molar-refractivity contribution is -0.671. The average molecular weight is 641 g/mol. The number of benzene rings is 4. The van der Waals surface area contributed by atoms with Crippen molar-refractivity contribution < 1.29 is 28.4 Å². The molecule has 0 N–H and O–H groups in total. The first kappa shape index (κ1) is 30.2. The summed E-state index contributed by atoms with van der Waals surface area (Å²) in [5, 5.41) is 0. The molecule has 8 nitrogen and oxygen atoms in total. The van der Waals surface area contributed by atoms with Crippen molar-refractivity contribution in [2.24, 2.45) is 14.1 Å². The van der Waals surface area contributed by atoms with Gasteiger partial charge in [0, 0.05) is 35.1 Å². The van der Waals surface area contributed by atoms with Gasteiger partial charge in [0.25, 0.3) is 0 Å². The van der Waals surface area contributed by atoms with E-state index in [0.717, 1.165) is 70.8 Å². The fraction of sp³-hybridized carbons (Fsp3) is 0.250. The third-order valence-corrected chi connectivity index (χ3v) is 9.49. The Morgan fingerprint density at radius 2 is 0.917 bits per heavy atom. The number of ether oxygens (including phenoxy) is 2. The topological polar surface area (TPSA) is 54.5 Å². The van der Waals surface area contributed by atoms with Gasteiger partial charge in [0.1, 0.15) is 36.3 Å². The number of hydrogen-bond donors (Lipinski definition) is 0. The molecule has 0 spiro atoms. The minimum absolute atomic E-state index is 0.636. The van der Waals surface area contributed by atoms with E-state index >= 15 is 0 Å². The van der Waals surface area contributed by atoms with Crippen LogP contribution in [0.15, 0.2) is 135 Å². The lowest BCUT2D eigenvalue weighted by Crippen LogP contribution is -2.53. The minimum Gasteiger partial charge on any atom is -0.493 e. The first-order valence-electron chi connectivity index (χ1n) is 16.6. The SMILES string of the molecule is C[n+]1ccn(CCCOc2ccc(C34OOC(c5ccc(OCCCn6cc[n+](C)c6)cc5)(c5ccccc53)c3ccccc34)cc2)c1. The predicted octanol–water partition coefficient (Wildman–Crippen LogP) is 5.74. The summed E-state index contributed by atoms with van der Waals surface area (Å²) >= 11 is 0. The second kappa shape index (κ2) is 12.4. The Balaban J connectivity index is 1.04. The highest BCUT2D eigenvalue weighted by molar-refractivity contribution is 5.66. The standard InChI is InChI=1S/C40H40N4O4/c1-41-23-25-43(29-41)21-7-27-45-33-17-13-31(14-18-33)39-35-9-3-5-11-37(35)40(48-47-39,38-12-6-4-10-36(38)39)32-15-19-34(20-16-32)46-28-8-22-44-26-24-42(2)30-44/h3-6,9-20,23-26,29-30H,7-8,21-22,27-28H2,1-2H3/q+2. The third-order valence-electron chi connectivity index (χ3n) is 9.49. The van der Waals surface area contributed by atoms with Crippen molar-refractivity contribution in [3.63, 3.8) is 0 Å². The van der Waals surface area contributed by atoms with Crippen LogP contribution in [0.1, 0.15) is 46.2 Å². The number of aryl methyl sites for hydroxylation is 4. The molecule has 9 rings (SSSR count). The molecule has 0 unspecified atom stereocenters. The zero-order chi connectivity index (χ0) is 32.6. The van der Waals surface area contributed by atoms with Crippen LogP contribution in [0.5, 0.6) is 11.5 Å². The molecule has 1 aliphatic carbocycles. The number of imidazole rings is 2.